The zero-order valence-corrected chi connectivity index (χ0v) is 17.1. The van der Waals surface area contributed by atoms with Gasteiger partial charge in [0, 0.05) is 5.02 Å². The molecule has 0 aromatic heterocycles. The van der Waals surface area contributed by atoms with Crippen molar-refractivity contribution in [3.8, 4) is 0 Å². The van der Waals surface area contributed by atoms with E-state index in [1.165, 1.54) is 37.0 Å². The standard InChI is InChI=1S/C21H28ClN3O3/c1-2-28-20(26)18-17(14-25-12-6-4-3-5-7-13-25)23-21(27)24-19(18)15-8-10-16(22)11-9-15/h8-11,19H,2-7,12-14H2,1H3,(H2,23,24,27)/p+1/t19-/m0/s1. The third-order valence-corrected chi connectivity index (χ3v) is 5.59. The second kappa shape index (κ2) is 9.94. The molecule has 1 saturated heterocycles. The van der Waals surface area contributed by atoms with E-state index in [0.29, 0.717) is 22.8 Å². The Morgan fingerprint density at radius 1 is 1.14 bits per heavy atom. The maximum absolute atomic E-state index is 12.8. The number of quaternary nitrogens is 1. The van der Waals surface area contributed by atoms with Gasteiger partial charge in [0.15, 0.2) is 0 Å². The summed E-state index contributed by atoms with van der Waals surface area (Å²) in [6.45, 7) is 4.79. The van der Waals surface area contributed by atoms with E-state index in [2.05, 4.69) is 10.6 Å². The number of likely N-dealkylation sites (tertiary alicyclic amines) is 1. The Labute approximate surface area is 171 Å². The average molecular weight is 407 g/mol. The van der Waals surface area contributed by atoms with Crippen LogP contribution in [0, 0.1) is 0 Å². The number of urea groups is 1. The quantitative estimate of drug-likeness (QED) is 0.657. The van der Waals surface area contributed by atoms with E-state index < -0.39 is 12.0 Å². The van der Waals surface area contributed by atoms with Gasteiger partial charge in [-0.2, -0.15) is 0 Å². The first-order valence-electron chi connectivity index (χ1n) is 10.1. The Kier molecular flexibility index (Phi) is 7.34. The van der Waals surface area contributed by atoms with Crippen molar-refractivity contribution < 1.29 is 19.2 Å². The number of nitrogens with one attached hydrogen (secondary N) is 3. The monoisotopic (exact) mass is 406 g/mol. The average Bonchev–Trinajstić information content (AvgIpc) is 2.64. The van der Waals surface area contributed by atoms with Crippen molar-refractivity contribution in [2.24, 2.45) is 0 Å². The molecule has 0 bridgehead atoms. The van der Waals surface area contributed by atoms with E-state index >= 15 is 0 Å². The van der Waals surface area contributed by atoms with Crippen molar-refractivity contribution in [2.45, 2.75) is 45.1 Å². The highest BCUT2D eigenvalue weighted by molar-refractivity contribution is 6.30. The molecule has 1 atom stereocenters. The Morgan fingerprint density at radius 3 is 2.43 bits per heavy atom. The third kappa shape index (κ3) is 5.26. The molecule has 6 nitrogen and oxygen atoms in total. The fraction of sp³-hybridized carbons (Fsp3) is 0.524. The van der Waals surface area contributed by atoms with Gasteiger partial charge in [0.2, 0.25) is 0 Å². The van der Waals surface area contributed by atoms with Crippen LogP contribution in [0.25, 0.3) is 0 Å². The van der Waals surface area contributed by atoms with E-state index in [9.17, 15) is 9.59 Å². The molecule has 2 heterocycles. The lowest BCUT2D eigenvalue weighted by Gasteiger charge is -2.31. The van der Waals surface area contributed by atoms with Crippen LogP contribution in [-0.2, 0) is 9.53 Å². The van der Waals surface area contributed by atoms with Crippen LogP contribution in [0.15, 0.2) is 35.5 Å². The molecule has 0 aliphatic carbocycles. The second-order valence-electron chi connectivity index (χ2n) is 7.39. The van der Waals surface area contributed by atoms with Gasteiger partial charge in [-0.15, -0.1) is 0 Å². The van der Waals surface area contributed by atoms with E-state index in [0.717, 1.165) is 18.7 Å². The van der Waals surface area contributed by atoms with Crippen molar-refractivity contribution in [2.75, 3.05) is 26.2 Å². The van der Waals surface area contributed by atoms with E-state index in [1.54, 1.807) is 19.1 Å². The summed E-state index contributed by atoms with van der Waals surface area (Å²) in [6.07, 6.45) is 6.13. The summed E-state index contributed by atoms with van der Waals surface area (Å²) in [6, 6.07) is 6.34. The van der Waals surface area contributed by atoms with Gasteiger partial charge in [-0.25, -0.2) is 9.59 Å². The summed E-state index contributed by atoms with van der Waals surface area (Å²) >= 11 is 6.01. The molecule has 1 aromatic rings. The van der Waals surface area contributed by atoms with Gasteiger partial charge in [0.25, 0.3) is 0 Å². The molecule has 1 aromatic carbocycles. The molecule has 0 saturated carbocycles. The molecule has 3 N–H and O–H groups in total. The van der Waals surface area contributed by atoms with Gasteiger partial charge < -0.3 is 20.3 Å². The summed E-state index contributed by atoms with van der Waals surface area (Å²) in [5.74, 6) is -0.392. The minimum atomic E-state index is -0.547. The third-order valence-electron chi connectivity index (χ3n) is 5.34. The number of hydrogen-bond acceptors (Lipinski definition) is 3. The van der Waals surface area contributed by atoms with E-state index in [-0.39, 0.29) is 12.6 Å². The lowest BCUT2D eigenvalue weighted by atomic mass is 9.95. The Hall–Kier alpha value is -2.05. The summed E-state index contributed by atoms with van der Waals surface area (Å²) in [4.78, 5) is 26.6. The van der Waals surface area contributed by atoms with Crippen LogP contribution < -0.4 is 15.5 Å². The Balaban J connectivity index is 1.93. The summed E-state index contributed by atoms with van der Waals surface area (Å²) < 4.78 is 5.33. The molecular weight excluding hydrogens is 378 g/mol. The number of amides is 2. The van der Waals surface area contributed by atoms with Crippen molar-refractivity contribution in [1.82, 2.24) is 10.6 Å². The van der Waals surface area contributed by atoms with Gasteiger partial charge >= 0.3 is 12.0 Å². The van der Waals surface area contributed by atoms with E-state index in [4.69, 9.17) is 16.3 Å². The number of hydrogen-bond donors (Lipinski definition) is 3. The molecule has 2 amide bonds. The lowest BCUT2D eigenvalue weighted by Crippen LogP contribution is -3.12. The first kappa shape index (κ1) is 20.7. The molecule has 2 aliphatic rings. The van der Waals surface area contributed by atoms with Gasteiger partial charge in [-0.3, -0.25) is 0 Å². The summed E-state index contributed by atoms with van der Waals surface area (Å²) in [5.41, 5.74) is 1.96. The zero-order chi connectivity index (χ0) is 19.9. The van der Waals surface area contributed by atoms with Crippen molar-refractivity contribution in [3.05, 3.63) is 46.1 Å². The minimum Gasteiger partial charge on any atom is -0.463 e. The Morgan fingerprint density at radius 2 is 1.79 bits per heavy atom. The normalized spacial score (nSPS) is 21.4. The fourth-order valence-corrected chi connectivity index (χ4v) is 4.07. The number of carbonyl (C=O) groups is 2. The van der Waals surface area contributed by atoms with Crippen molar-refractivity contribution in [3.63, 3.8) is 0 Å². The predicted molar refractivity (Wildman–Crippen MR) is 108 cm³/mol. The molecular formula is C21H29ClN3O3+. The topological polar surface area (TPSA) is 71.9 Å². The van der Waals surface area contributed by atoms with Crippen molar-refractivity contribution >= 4 is 23.6 Å². The minimum absolute atomic E-state index is 0.285. The number of benzene rings is 1. The second-order valence-corrected chi connectivity index (χ2v) is 7.83. The summed E-state index contributed by atoms with van der Waals surface area (Å²) in [7, 11) is 0. The number of esters is 1. The molecule has 1 fully saturated rings. The van der Waals surface area contributed by atoms with Crippen LogP contribution >= 0.6 is 11.6 Å². The van der Waals surface area contributed by atoms with Crippen LogP contribution in [0.2, 0.25) is 5.02 Å². The molecule has 0 radical (unpaired) electrons. The number of halogens is 1. The highest BCUT2D eigenvalue weighted by Crippen LogP contribution is 2.28. The smallest absolute Gasteiger partial charge is 0.338 e. The molecule has 0 spiro atoms. The molecule has 3 rings (SSSR count). The molecule has 152 valence electrons. The van der Waals surface area contributed by atoms with Gasteiger partial charge in [-0.1, -0.05) is 30.2 Å². The predicted octanol–water partition coefficient (Wildman–Crippen LogP) is 2.36. The van der Waals surface area contributed by atoms with Gasteiger partial charge in [0.1, 0.15) is 6.54 Å². The van der Waals surface area contributed by atoms with Crippen molar-refractivity contribution in [1.29, 1.82) is 0 Å². The van der Waals surface area contributed by atoms with Crippen LogP contribution in [0.5, 0.6) is 0 Å². The number of carbonyl (C=O) groups excluding carboxylic acids is 2. The van der Waals surface area contributed by atoms with Crippen LogP contribution in [0.3, 0.4) is 0 Å². The molecule has 0 unspecified atom stereocenters. The highest BCUT2D eigenvalue weighted by atomic mass is 35.5. The molecule has 2 aliphatic heterocycles. The largest absolute Gasteiger partial charge is 0.463 e. The first-order chi connectivity index (χ1) is 13.6. The fourth-order valence-electron chi connectivity index (χ4n) is 3.94. The Bertz CT molecular complexity index is 725. The van der Waals surface area contributed by atoms with Gasteiger partial charge in [-0.05, 0) is 50.3 Å². The number of ether oxygens (including phenoxy) is 1. The van der Waals surface area contributed by atoms with Crippen LogP contribution in [-0.4, -0.2) is 38.2 Å². The number of rotatable bonds is 5. The van der Waals surface area contributed by atoms with Crippen LogP contribution in [0.4, 0.5) is 4.79 Å². The highest BCUT2D eigenvalue weighted by Gasteiger charge is 2.35. The molecule has 28 heavy (non-hydrogen) atoms. The summed E-state index contributed by atoms with van der Waals surface area (Å²) in [5, 5.41) is 6.36. The van der Waals surface area contributed by atoms with Gasteiger partial charge in [0.05, 0.1) is 37.0 Å². The lowest BCUT2D eigenvalue weighted by molar-refractivity contribution is -0.896. The maximum Gasteiger partial charge on any atom is 0.338 e. The SMILES string of the molecule is CCOC(=O)C1=C(C[NH+]2CCCCCCC2)NC(=O)N[C@H]1c1ccc(Cl)cc1. The molecule has 7 heteroatoms. The van der Waals surface area contributed by atoms with Crippen LogP contribution in [0.1, 0.15) is 50.6 Å². The first-order valence-corrected chi connectivity index (χ1v) is 10.5. The van der Waals surface area contributed by atoms with E-state index in [1.807, 2.05) is 12.1 Å². The maximum atomic E-state index is 12.8. The zero-order valence-electron chi connectivity index (χ0n) is 16.4.